The summed E-state index contributed by atoms with van der Waals surface area (Å²) in [6.45, 7) is 1.32. The lowest BCUT2D eigenvalue weighted by Gasteiger charge is -2.09. The van der Waals surface area contributed by atoms with Gasteiger partial charge in [-0.05, 0) is 18.2 Å². The van der Waals surface area contributed by atoms with Crippen LogP contribution < -0.4 is 11.0 Å². The predicted octanol–water partition coefficient (Wildman–Crippen LogP) is 0.822. The van der Waals surface area contributed by atoms with E-state index in [0.717, 1.165) is 0 Å². The van der Waals surface area contributed by atoms with Crippen LogP contribution in [0.4, 0.5) is 5.69 Å². The number of benzene rings is 1. The predicted molar refractivity (Wildman–Crippen MR) is 67.7 cm³/mol. The molecule has 2 rings (SSSR count). The van der Waals surface area contributed by atoms with Gasteiger partial charge in [0.25, 0.3) is 0 Å². The summed E-state index contributed by atoms with van der Waals surface area (Å²) in [4.78, 5) is 36.1. The van der Waals surface area contributed by atoms with Gasteiger partial charge in [-0.1, -0.05) is 0 Å². The molecular formula is C12H11N3O4. The maximum Gasteiger partial charge on any atom is 0.337 e. The van der Waals surface area contributed by atoms with Gasteiger partial charge in [0.15, 0.2) is 0 Å². The maximum absolute atomic E-state index is 11.5. The Bertz CT molecular complexity index is 699. The molecule has 3 N–H and O–H groups in total. The number of anilines is 1. The van der Waals surface area contributed by atoms with E-state index in [1.54, 1.807) is 0 Å². The summed E-state index contributed by atoms with van der Waals surface area (Å²) < 4.78 is 1.18. The van der Waals surface area contributed by atoms with E-state index in [9.17, 15) is 19.5 Å². The number of aromatic carboxylic acids is 1. The van der Waals surface area contributed by atoms with E-state index in [1.807, 2.05) is 0 Å². The van der Waals surface area contributed by atoms with E-state index >= 15 is 0 Å². The molecule has 0 fully saturated rings. The van der Waals surface area contributed by atoms with Gasteiger partial charge in [-0.3, -0.25) is 9.36 Å². The van der Waals surface area contributed by atoms with Crippen molar-refractivity contribution in [2.24, 2.45) is 0 Å². The standard InChI is InChI=1S/C12H11N3O4/c1-7(16)14-8-2-3-10(9(6-8)11(17)18)15-5-4-13-12(15)19/h2-6H,1H3,(H,13,19)(H,14,16)(H,17,18). The van der Waals surface area contributed by atoms with Crippen molar-refractivity contribution in [2.75, 3.05) is 5.32 Å². The molecule has 19 heavy (non-hydrogen) atoms. The number of carbonyl (C=O) groups is 2. The minimum Gasteiger partial charge on any atom is -0.478 e. The Morgan fingerprint density at radius 2 is 2.11 bits per heavy atom. The highest BCUT2D eigenvalue weighted by atomic mass is 16.4. The zero-order valence-electron chi connectivity index (χ0n) is 10.0. The van der Waals surface area contributed by atoms with Gasteiger partial charge >= 0.3 is 11.7 Å². The first-order chi connectivity index (χ1) is 8.99. The molecule has 0 saturated carbocycles. The summed E-state index contributed by atoms with van der Waals surface area (Å²) in [5.74, 6) is -1.49. The summed E-state index contributed by atoms with van der Waals surface area (Å²) in [7, 11) is 0. The lowest BCUT2D eigenvalue weighted by atomic mass is 10.1. The van der Waals surface area contributed by atoms with Crippen molar-refractivity contribution >= 4 is 17.6 Å². The molecule has 2 aromatic rings. The number of hydrogen-bond donors (Lipinski definition) is 3. The minimum atomic E-state index is -1.18. The number of aromatic amines is 1. The maximum atomic E-state index is 11.5. The number of imidazole rings is 1. The van der Waals surface area contributed by atoms with Crippen molar-refractivity contribution in [3.63, 3.8) is 0 Å². The molecule has 1 amide bonds. The molecule has 1 aromatic carbocycles. The highest BCUT2D eigenvalue weighted by Gasteiger charge is 2.14. The van der Waals surface area contributed by atoms with Crippen LogP contribution in [0, 0.1) is 0 Å². The number of rotatable bonds is 3. The molecule has 0 atom stereocenters. The topological polar surface area (TPSA) is 104 Å². The van der Waals surface area contributed by atoms with Crippen molar-refractivity contribution in [2.45, 2.75) is 6.92 Å². The first kappa shape index (κ1) is 12.6. The molecule has 0 aliphatic heterocycles. The van der Waals surface area contributed by atoms with Crippen LogP contribution in [0.5, 0.6) is 0 Å². The molecule has 0 aliphatic carbocycles. The fraction of sp³-hybridized carbons (Fsp3) is 0.0833. The van der Waals surface area contributed by atoms with E-state index in [0.29, 0.717) is 5.69 Å². The Labute approximate surface area is 107 Å². The number of carboxylic acid groups (broad SMARTS) is 1. The monoisotopic (exact) mass is 261 g/mol. The van der Waals surface area contributed by atoms with Crippen LogP contribution in [0.25, 0.3) is 5.69 Å². The number of H-pyrrole nitrogens is 1. The zero-order chi connectivity index (χ0) is 14.0. The Morgan fingerprint density at radius 3 is 2.63 bits per heavy atom. The summed E-state index contributed by atoms with van der Waals surface area (Å²) in [6, 6.07) is 4.30. The molecule has 0 saturated heterocycles. The highest BCUT2D eigenvalue weighted by Crippen LogP contribution is 2.18. The van der Waals surface area contributed by atoms with Gasteiger partial charge in [0.05, 0.1) is 11.3 Å². The summed E-state index contributed by atoms with van der Waals surface area (Å²) in [5.41, 5.74) is 0.0767. The molecule has 0 aliphatic rings. The molecular weight excluding hydrogens is 250 g/mol. The lowest BCUT2D eigenvalue weighted by Crippen LogP contribution is -2.17. The smallest absolute Gasteiger partial charge is 0.337 e. The van der Waals surface area contributed by atoms with Crippen LogP contribution >= 0.6 is 0 Å². The fourth-order valence-electron chi connectivity index (χ4n) is 1.71. The molecule has 0 radical (unpaired) electrons. The van der Waals surface area contributed by atoms with Gasteiger partial charge in [-0.2, -0.15) is 0 Å². The number of carboxylic acids is 1. The van der Waals surface area contributed by atoms with Crippen LogP contribution in [0.1, 0.15) is 17.3 Å². The molecule has 7 heteroatoms. The number of aromatic nitrogens is 2. The second-order valence-corrected chi connectivity index (χ2v) is 3.85. The van der Waals surface area contributed by atoms with E-state index in [-0.39, 0.29) is 17.2 Å². The Kier molecular flexibility index (Phi) is 3.19. The second kappa shape index (κ2) is 4.81. The fourth-order valence-corrected chi connectivity index (χ4v) is 1.71. The largest absolute Gasteiger partial charge is 0.478 e. The Morgan fingerprint density at radius 1 is 1.37 bits per heavy atom. The summed E-state index contributed by atoms with van der Waals surface area (Å²) in [6.07, 6.45) is 2.85. The molecule has 0 spiro atoms. The average Bonchev–Trinajstić information content (AvgIpc) is 2.74. The molecule has 7 nitrogen and oxygen atoms in total. The van der Waals surface area contributed by atoms with Crippen LogP contribution in [-0.2, 0) is 4.79 Å². The first-order valence-corrected chi connectivity index (χ1v) is 5.40. The zero-order valence-corrected chi connectivity index (χ0v) is 10.0. The molecule has 0 unspecified atom stereocenters. The number of amides is 1. The van der Waals surface area contributed by atoms with Crippen LogP contribution in [0.2, 0.25) is 0 Å². The van der Waals surface area contributed by atoms with Crippen molar-refractivity contribution < 1.29 is 14.7 Å². The van der Waals surface area contributed by atoms with Gasteiger partial charge in [0.2, 0.25) is 5.91 Å². The van der Waals surface area contributed by atoms with Gasteiger partial charge in [-0.25, -0.2) is 9.59 Å². The van der Waals surface area contributed by atoms with Crippen molar-refractivity contribution in [1.82, 2.24) is 9.55 Å². The normalized spacial score (nSPS) is 10.2. The van der Waals surface area contributed by atoms with Crippen molar-refractivity contribution in [3.05, 3.63) is 46.6 Å². The quantitative estimate of drug-likeness (QED) is 0.760. The SMILES string of the molecule is CC(=O)Nc1ccc(-n2cc[nH]c2=O)c(C(=O)O)c1. The van der Waals surface area contributed by atoms with Gasteiger partial charge in [-0.15, -0.1) is 0 Å². The van der Waals surface area contributed by atoms with Gasteiger partial charge < -0.3 is 15.4 Å². The minimum absolute atomic E-state index is 0.0760. The van der Waals surface area contributed by atoms with E-state index in [2.05, 4.69) is 10.3 Å². The number of hydrogen-bond acceptors (Lipinski definition) is 3. The Balaban J connectivity index is 2.56. The third-order valence-electron chi connectivity index (χ3n) is 2.46. The van der Waals surface area contributed by atoms with Crippen LogP contribution in [0.15, 0.2) is 35.4 Å². The molecule has 98 valence electrons. The van der Waals surface area contributed by atoms with Gasteiger partial charge in [0, 0.05) is 25.0 Å². The number of nitrogens with one attached hydrogen (secondary N) is 2. The van der Waals surface area contributed by atoms with Crippen molar-refractivity contribution in [3.8, 4) is 5.69 Å². The molecule has 0 bridgehead atoms. The van der Waals surface area contributed by atoms with E-state index in [4.69, 9.17) is 0 Å². The molecule has 1 aromatic heterocycles. The van der Waals surface area contributed by atoms with E-state index in [1.165, 1.54) is 42.1 Å². The number of carbonyl (C=O) groups excluding carboxylic acids is 1. The van der Waals surface area contributed by atoms with Crippen molar-refractivity contribution in [1.29, 1.82) is 0 Å². The van der Waals surface area contributed by atoms with Crippen LogP contribution in [-0.4, -0.2) is 26.5 Å². The second-order valence-electron chi connectivity index (χ2n) is 3.85. The summed E-state index contributed by atoms with van der Waals surface area (Å²) >= 11 is 0. The number of nitrogens with zero attached hydrogens (tertiary/aromatic N) is 1. The summed E-state index contributed by atoms with van der Waals surface area (Å²) in [5, 5.41) is 11.7. The third-order valence-corrected chi connectivity index (χ3v) is 2.46. The third kappa shape index (κ3) is 2.54. The molecule has 1 heterocycles. The van der Waals surface area contributed by atoms with E-state index < -0.39 is 11.7 Å². The highest BCUT2D eigenvalue weighted by molar-refractivity contribution is 5.95. The van der Waals surface area contributed by atoms with Gasteiger partial charge in [0.1, 0.15) is 0 Å². The lowest BCUT2D eigenvalue weighted by molar-refractivity contribution is -0.114. The first-order valence-electron chi connectivity index (χ1n) is 5.40. The Hall–Kier alpha value is -2.83. The van der Waals surface area contributed by atoms with Crippen LogP contribution in [0.3, 0.4) is 0 Å². The average molecular weight is 261 g/mol.